The monoisotopic (exact) mass is 299 g/mol. The fourth-order valence-electron chi connectivity index (χ4n) is 5.32. The van der Waals surface area contributed by atoms with Gasteiger partial charge in [0, 0.05) is 17.5 Å². The molecule has 0 bridgehead atoms. The standard InChI is InChI=1S/C18H21NO3/c1-18-9-8-10-11(13(18)4-7-16(18)20)2-5-14-12(10)3-6-15(19-14)17(21)22/h3,6,10-11,13H,2,4-5,7-9H2,1H3,(H,21,22)/t10-,11+,13-,18-/m0/s1. The molecule has 3 aliphatic rings. The van der Waals surface area contributed by atoms with E-state index < -0.39 is 5.97 Å². The fourth-order valence-corrected chi connectivity index (χ4v) is 5.32. The third-order valence-electron chi connectivity index (χ3n) is 6.49. The summed E-state index contributed by atoms with van der Waals surface area (Å²) in [7, 11) is 0. The number of carboxylic acid groups (broad SMARTS) is 1. The summed E-state index contributed by atoms with van der Waals surface area (Å²) >= 11 is 0. The molecular formula is C18H21NO3. The zero-order chi connectivity index (χ0) is 15.5. The summed E-state index contributed by atoms with van der Waals surface area (Å²) < 4.78 is 0. The topological polar surface area (TPSA) is 67.3 Å². The summed E-state index contributed by atoms with van der Waals surface area (Å²) in [4.78, 5) is 27.7. The molecule has 4 atom stereocenters. The van der Waals surface area contributed by atoms with Crippen LogP contribution in [-0.4, -0.2) is 21.8 Å². The predicted octanol–water partition coefficient (Wildman–Crippen LogP) is 3.21. The summed E-state index contributed by atoms with van der Waals surface area (Å²) in [5.74, 6) is 1.04. The third-order valence-corrected chi connectivity index (χ3v) is 6.49. The Bertz CT molecular complexity index is 668. The maximum Gasteiger partial charge on any atom is 0.354 e. The van der Waals surface area contributed by atoms with Gasteiger partial charge in [0.2, 0.25) is 0 Å². The molecule has 1 N–H and O–H groups in total. The number of aromatic carboxylic acids is 1. The second kappa shape index (κ2) is 4.64. The molecule has 1 heterocycles. The van der Waals surface area contributed by atoms with Crippen molar-refractivity contribution in [1.82, 2.24) is 4.98 Å². The van der Waals surface area contributed by atoms with Gasteiger partial charge in [-0.1, -0.05) is 13.0 Å². The van der Waals surface area contributed by atoms with Gasteiger partial charge in [-0.15, -0.1) is 0 Å². The fraction of sp³-hybridized carbons (Fsp3) is 0.611. The van der Waals surface area contributed by atoms with Gasteiger partial charge in [0.15, 0.2) is 0 Å². The number of aromatic nitrogens is 1. The maximum atomic E-state index is 12.3. The van der Waals surface area contributed by atoms with Crippen molar-refractivity contribution in [2.45, 2.75) is 51.4 Å². The summed E-state index contributed by atoms with van der Waals surface area (Å²) in [5, 5.41) is 9.10. The molecule has 2 saturated carbocycles. The van der Waals surface area contributed by atoms with E-state index in [9.17, 15) is 9.59 Å². The molecule has 1 aromatic rings. The lowest BCUT2D eigenvalue weighted by atomic mass is 9.56. The Balaban J connectivity index is 1.70. The number of nitrogens with zero attached hydrogens (tertiary/aromatic N) is 1. The average Bonchev–Trinajstić information content (AvgIpc) is 2.82. The van der Waals surface area contributed by atoms with Gasteiger partial charge in [0.25, 0.3) is 0 Å². The van der Waals surface area contributed by atoms with Gasteiger partial charge in [-0.2, -0.15) is 0 Å². The number of pyridine rings is 1. The Morgan fingerprint density at radius 3 is 2.86 bits per heavy atom. The highest BCUT2D eigenvalue weighted by Gasteiger charge is 2.54. The molecule has 0 aromatic carbocycles. The van der Waals surface area contributed by atoms with Crippen LogP contribution in [0.3, 0.4) is 0 Å². The van der Waals surface area contributed by atoms with Gasteiger partial charge in [0.05, 0.1) is 0 Å². The molecule has 0 spiro atoms. The molecule has 116 valence electrons. The Kier molecular flexibility index (Phi) is 2.94. The summed E-state index contributed by atoms with van der Waals surface area (Å²) in [6.07, 6.45) is 5.67. The maximum absolute atomic E-state index is 12.3. The van der Waals surface area contributed by atoms with Crippen LogP contribution in [0, 0.1) is 17.3 Å². The van der Waals surface area contributed by atoms with Crippen LogP contribution in [0.4, 0.5) is 0 Å². The Labute approximate surface area is 129 Å². The van der Waals surface area contributed by atoms with Gasteiger partial charge < -0.3 is 5.11 Å². The Morgan fingerprint density at radius 2 is 2.09 bits per heavy atom. The van der Waals surface area contributed by atoms with Crippen LogP contribution in [-0.2, 0) is 11.2 Å². The summed E-state index contributed by atoms with van der Waals surface area (Å²) in [5.41, 5.74) is 2.25. The van der Waals surface area contributed by atoms with Crippen molar-refractivity contribution in [1.29, 1.82) is 0 Å². The van der Waals surface area contributed by atoms with Crippen LogP contribution >= 0.6 is 0 Å². The van der Waals surface area contributed by atoms with E-state index in [1.165, 1.54) is 5.56 Å². The highest BCUT2D eigenvalue weighted by Crippen LogP contribution is 2.59. The molecule has 0 aliphatic heterocycles. The number of rotatable bonds is 1. The zero-order valence-corrected chi connectivity index (χ0v) is 12.8. The first-order valence-electron chi connectivity index (χ1n) is 8.27. The molecule has 4 heteroatoms. The number of carbonyl (C=O) groups excluding carboxylic acids is 1. The SMILES string of the molecule is C[C@]12CC[C@@H]3c4ccc(C(=O)O)nc4CC[C@H]3[C@@H]1CCC2=O. The van der Waals surface area contributed by atoms with E-state index in [1.807, 2.05) is 6.07 Å². The van der Waals surface area contributed by atoms with Crippen molar-refractivity contribution < 1.29 is 14.7 Å². The lowest BCUT2D eigenvalue weighted by Gasteiger charge is -2.48. The van der Waals surface area contributed by atoms with Crippen molar-refractivity contribution in [3.63, 3.8) is 0 Å². The van der Waals surface area contributed by atoms with Crippen molar-refractivity contribution in [3.8, 4) is 0 Å². The molecule has 4 rings (SSSR count). The molecule has 4 nitrogen and oxygen atoms in total. The van der Waals surface area contributed by atoms with Crippen molar-refractivity contribution in [3.05, 3.63) is 29.1 Å². The van der Waals surface area contributed by atoms with E-state index in [2.05, 4.69) is 11.9 Å². The number of carbonyl (C=O) groups is 2. The summed E-state index contributed by atoms with van der Waals surface area (Å²) in [6, 6.07) is 3.61. The number of hydrogen-bond donors (Lipinski definition) is 1. The van der Waals surface area contributed by atoms with Crippen molar-refractivity contribution >= 4 is 11.8 Å². The average molecular weight is 299 g/mol. The number of fused-ring (bicyclic) bond motifs is 5. The number of Topliss-reactive ketones (excluding diaryl/α,β-unsaturated/α-hetero) is 1. The van der Waals surface area contributed by atoms with E-state index in [0.29, 0.717) is 23.5 Å². The number of carboxylic acids is 1. The zero-order valence-electron chi connectivity index (χ0n) is 12.8. The Hall–Kier alpha value is -1.71. The lowest BCUT2D eigenvalue weighted by molar-refractivity contribution is -0.129. The van der Waals surface area contributed by atoms with Gasteiger partial charge in [0.1, 0.15) is 11.5 Å². The molecule has 0 unspecified atom stereocenters. The molecule has 0 saturated heterocycles. The highest BCUT2D eigenvalue weighted by atomic mass is 16.4. The van der Waals surface area contributed by atoms with E-state index >= 15 is 0 Å². The van der Waals surface area contributed by atoms with Gasteiger partial charge in [-0.3, -0.25) is 4.79 Å². The molecule has 0 amide bonds. The molecule has 2 fully saturated rings. The first-order chi connectivity index (χ1) is 10.5. The smallest absolute Gasteiger partial charge is 0.354 e. The minimum absolute atomic E-state index is 0.104. The number of hydrogen-bond acceptors (Lipinski definition) is 3. The van der Waals surface area contributed by atoms with E-state index in [-0.39, 0.29) is 11.1 Å². The van der Waals surface area contributed by atoms with Crippen LogP contribution in [0.2, 0.25) is 0 Å². The molecule has 22 heavy (non-hydrogen) atoms. The molecule has 3 aliphatic carbocycles. The number of aryl methyl sites for hydroxylation is 1. The van der Waals surface area contributed by atoms with Gasteiger partial charge in [-0.05, 0) is 61.5 Å². The lowest BCUT2D eigenvalue weighted by Crippen LogP contribution is -2.42. The van der Waals surface area contributed by atoms with Gasteiger partial charge >= 0.3 is 5.97 Å². The van der Waals surface area contributed by atoms with Crippen molar-refractivity contribution in [2.75, 3.05) is 0 Å². The van der Waals surface area contributed by atoms with E-state index in [0.717, 1.165) is 44.2 Å². The van der Waals surface area contributed by atoms with Crippen molar-refractivity contribution in [2.24, 2.45) is 17.3 Å². The first-order valence-corrected chi connectivity index (χ1v) is 8.27. The van der Waals surface area contributed by atoms with Gasteiger partial charge in [-0.25, -0.2) is 9.78 Å². The molecule has 0 radical (unpaired) electrons. The van der Waals surface area contributed by atoms with E-state index in [1.54, 1.807) is 6.07 Å². The molecular weight excluding hydrogens is 278 g/mol. The number of ketones is 1. The van der Waals surface area contributed by atoms with Crippen LogP contribution in [0.25, 0.3) is 0 Å². The van der Waals surface area contributed by atoms with Crippen LogP contribution in [0.15, 0.2) is 12.1 Å². The van der Waals surface area contributed by atoms with E-state index in [4.69, 9.17) is 5.11 Å². The summed E-state index contributed by atoms with van der Waals surface area (Å²) in [6.45, 7) is 2.17. The quantitative estimate of drug-likeness (QED) is 0.864. The molecule has 1 aromatic heterocycles. The minimum Gasteiger partial charge on any atom is -0.477 e. The highest BCUT2D eigenvalue weighted by molar-refractivity contribution is 5.87. The van der Waals surface area contributed by atoms with Crippen LogP contribution in [0.5, 0.6) is 0 Å². The normalized spacial score (nSPS) is 36.4. The predicted molar refractivity (Wildman–Crippen MR) is 80.8 cm³/mol. The van der Waals surface area contributed by atoms with Crippen LogP contribution in [0.1, 0.15) is 66.7 Å². The Morgan fingerprint density at radius 1 is 1.27 bits per heavy atom. The largest absolute Gasteiger partial charge is 0.477 e. The minimum atomic E-state index is -0.956. The third kappa shape index (κ3) is 1.79. The second-order valence-electron chi connectivity index (χ2n) is 7.37. The van der Waals surface area contributed by atoms with Crippen LogP contribution < -0.4 is 0 Å². The second-order valence-corrected chi connectivity index (χ2v) is 7.37. The first kappa shape index (κ1) is 13.9.